The molecule has 1 aliphatic heterocycles. The van der Waals surface area contributed by atoms with E-state index in [0.717, 1.165) is 5.56 Å². The molecule has 4 rings (SSSR count). The molecule has 0 unspecified atom stereocenters. The first kappa shape index (κ1) is 13.9. The second kappa shape index (κ2) is 5.81. The Morgan fingerprint density at radius 1 is 1.09 bits per heavy atom. The minimum absolute atomic E-state index is 0.184. The summed E-state index contributed by atoms with van der Waals surface area (Å²) in [4.78, 5) is 4.29. The van der Waals surface area contributed by atoms with E-state index in [1.807, 2.05) is 12.1 Å². The zero-order valence-corrected chi connectivity index (χ0v) is 12.6. The van der Waals surface area contributed by atoms with Crippen molar-refractivity contribution in [1.29, 1.82) is 0 Å². The van der Waals surface area contributed by atoms with Gasteiger partial charge in [0.2, 0.25) is 12.6 Å². The van der Waals surface area contributed by atoms with Gasteiger partial charge in [0, 0.05) is 16.7 Å². The van der Waals surface area contributed by atoms with E-state index in [-0.39, 0.29) is 13.4 Å². The number of hydrogen-bond acceptors (Lipinski definition) is 6. The van der Waals surface area contributed by atoms with Gasteiger partial charge in [-0.05, 0) is 30.3 Å². The van der Waals surface area contributed by atoms with E-state index in [9.17, 15) is 0 Å². The maximum absolute atomic E-state index is 5.95. The molecule has 0 radical (unpaired) electrons. The first-order valence-corrected chi connectivity index (χ1v) is 7.27. The smallest absolute Gasteiger partial charge is 0.258 e. The summed E-state index contributed by atoms with van der Waals surface area (Å²) in [7, 11) is 0. The third kappa shape index (κ3) is 2.93. The minimum Gasteiger partial charge on any atom is -0.485 e. The zero-order chi connectivity index (χ0) is 15.6. The fourth-order valence-corrected chi connectivity index (χ4v) is 2.36. The summed E-state index contributed by atoms with van der Waals surface area (Å²) in [5, 5.41) is 4.51. The number of benzene rings is 2. The van der Waals surface area contributed by atoms with Crippen LogP contribution < -0.4 is 14.2 Å². The third-order valence-corrected chi connectivity index (χ3v) is 3.49. The van der Waals surface area contributed by atoms with Gasteiger partial charge in [0.15, 0.2) is 18.1 Å². The maximum Gasteiger partial charge on any atom is 0.258 e. The summed E-state index contributed by atoms with van der Waals surface area (Å²) in [6.07, 6.45) is 0. The Bertz CT molecular complexity index is 850. The summed E-state index contributed by atoms with van der Waals surface area (Å²) < 4.78 is 21.4. The predicted octanol–water partition coefficient (Wildman–Crippen LogP) is 3.70. The van der Waals surface area contributed by atoms with Crippen LogP contribution in [0.4, 0.5) is 0 Å². The number of aromatic nitrogens is 2. The molecule has 0 bridgehead atoms. The molecule has 0 spiro atoms. The summed E-state index contributed by atoms with van der Waals surface area (Å²) in [5.41, 5.74) is 0.763. The number of fused-ring (bicyclic) bond motifs is 1. The number of rotatable bonds is 4. The maximum atomic E-state index is 5.95. The van der Waals surface area contributed by atoms with Crippen LogP contribution in [0, 0.1) is 0 Å². The Morgan fingerprint density at radius 3 is 2.91 bits per heavy atom. The average Bonchev–Trinajstić information content (AvgIpc) is 3.21. The summed E-state index contributed by atoms with van der Waals surface area (Å²) >= 11 is 5.95. The van der Waals surface area contributed by atoms with E-state index in [0.29, 0.717) is 34.0 Å². The normalized spacial score (nSPS) is 12.4. The molecule has 1 aliphatic rings. The molecule has 0 atom stereocenters. The van der Waals surface area contributed by atoms with Crippen molar-refractivity contribution in [3.8, 4) is 28.7 Å². The second-order valence-electron chi connectivity index (χ2n) is 4.83. The number of hydrogen-bond donors (Lipinski definition) is 0. The van der Waals surface area contributed by atoms with Crippen LogP contribution in [-0.2, 0) is 6.61 Å². The molecule has 1 aromatic heterocycles. The van der Waals surface area contributed by atoms with Gasteiger partial charge in [-0.3, -0.25) is 0 Å². The van der Waals surface area contributed by atoms with Crippen LogP contribution in [0.2, 0.25) is 5.02 Å². The molecule has 0 fully saturated rings. The highest BCUT2D eigenvalue weighted by molar-refractivity contribution is 6.30. The molecule has 3 aromatic rings. The number of halogens is 1. The SMILES string of the molecule is Clc1cccc(-c2nc(COc3ccc4c(c3)OCO4)no2)c1. The monoisotopic (exact) mass is 330 g/mol. The number of ether oxygens (including phenoxy) is 3. The lowest BCUT2D eigenvalue weighted by Crippen LogP contribution is -1.97. The van der Waals surface area contributed by atoms with Crippen LogP contribution in [0.15, 0.2) is 47.0 Å². The van der Waals surface area contributed by atoms with Crippen LogP contribution in [-0.4, -0.2) is 16.9 Å². The van der Waals surface area contributed by atoms with Gasteiger partial charge >= 0.3 is 0 Å². The molecule has 0 amide bonds. The highest BCUT2D eigenvalue weighted by Gasteiger charge is 2.14. The Balaban J connectivity index is 1.46. The van der Waals surface area contributed by atoms with Crippen LogP contribution in [0.5, 0.6) is 17.2 Å². The fraction of sp³-hybridized carbons (Fsp3) is 0.125. The topological polar surface area (TPSA) is 66.6 Å². The highest BCUT2D eigenvalue weighted by Crippen LogP contribution is 2.35. The Morgan fingerprint density at radius 2 is 2.00 bits per heavy atom. The summed E-state index contributed by atoms with van der Waals surface area (Å²) in [6, 6.07) is 12.6. The van der Waals surface area contributed by atoms with Crippen LogP contribution in [0.1, 0.15) is 5.82 Å². The molecule has 0 saturated carbocycles. The van der Waals surface area contributed by atoms with E-state index in [1.54, 1.807) is 30.3 Å². The molecule has 23 heavy (non-hydrogen) atoms. The largest absolute Gasteiger partial charge is 0.485 e. The van der Waals surface area contributed by atoms with Gasteiger partial charge in [-0.25, -0.2) is 0 Å². The van der Waals surface area contributed by atoms with Gasteiger partial charge in [0.05, 0.1) is 0 Å². The highest BCUT2D eigenvalue weighted by atomic mass is 35.5. The Kier molecular flexibility index (Phi) is 3.51. The molecule has 6 nitrogen and oxygen atoms in total. The van der Waals surface area contributed by atoms with Crippen molar-refractivity contribution in [3.63, 3.8) is 0 Å². The Hall–Kier alpha value is -2.73. The molecule has 2 heterocycles. The molecule has 116 valence electrons. The van der Waals surface area contributed by atoms with Crippen molar-refractivity contribution in [2.45, 2.75) is 6.61 Å². The van der Waals surface area contributed by atoms with Crippen molar-refractivity contribution in [2.75, 3.05) is 6.79 Å². The van der Waals surface area contributed by atoms with Crippen molar-refractivity contribution < 1.29 is 18.7 Å². The number of nitrogens with zero attached hydrogens (tertiary/aromatic N) is 2. The average molecular weight is 331 g/mol. The van der Waals surface area contributed by atoms with Gasteiger partial charge in [-0.2, -0.15) is 4.98 Å². The fourth-order valence-electron chi connectivity index (χ4n) is 2.17. The summed E-state index contributed by atoms with van der Waals surface area (Å²) in [5.74, 6) is 2.85. The first-order valence-electron chi connectivity index (χ1n) is 6.89. The van der Waals surface area contributed by atoms with E-state index >= 15 is 0 Å². The quantitative estimate of drug-likeness (QED) is 0.726. The molecule has 0 saturated heterocycles. The molecular weight excluding hydrogens is 320 g/mol. The lowest BCUT2D eigenvalue weighted by Gasteiger charge is -2.03. The molecule has 2 aromatic carbocycles. The van der Waals surface area contributed by atoms with Gasteiger partial charge in [-0.1, -0.05) is 22.8 Å². The van der Waals surface area contributed by atoms with Crippen molar-refractivity contribution >= 4 is 11.6 Å². The van der Waals surface area contributed by atoms with Crippen molar-refractivity contribution in [2.24, 2.45) is 0 Å². The predicted molar refractivity (Wildman–Crippen MR) is 81.6 cm³/mol. The third-order valence-electron chi connectivity index (χ3n) is 3.25. The van der Waals surface area contributed by atoms with E-state index in [2.05, 4.69) is 10.1 Å². The zero-order valence-electron chi connectivity index (χ0n) is 11.9. The van der Waals surface area contributed by atoms with E-state index in [1.165, 1.54) is 0 Å². The van der Waals surface area contributed by atoms with E-state index in [4.69, 9.17) is 30.3 Å². The Labute approximate surface area is 136 Å². The molecule has 7 heteroatoms. The van der Waals surface area contributed by atoms with Gasteiger partial charge < -0.3 is 18.7 Å². The van der Waals surface area contributed by atoms with Gasteiger partial charge in [0.1, 0.15) is 5.75 Å². The molecule has 0 N–H and O–H groups in total. The first-order chi connectivity index (χ1) is 11.3. The van der Waals surface area contributed by atoms with E-state index < -0.39 is 0 Å². The second-order valence-corrected chi connectivity index (χ2v) is 5.27. The summed E-state index contributed by atoms with van der Waals surface area (Å²) in [6.45, 7) is 0.413. The minimum atomic E-state index is 0.184. The lowest BCUT2D eigenvalue weighted by molar-refractivity contribution is 0.173. The molecule has 0 aliphatic carbocycles. The van der Waals surface area contributed by atoms with Crippen LogP contribution >= 0.6 is 11.6 Å². The van der Waals surface area contributed by atoms with Gasteiger partial charge in [0.25, 0.3) is 5.89 Å². The van der Waals surface area contributed by atoms with Crippen molar-refractivity contribution in [3.05, 3.63) is 53.3 Å². The van der Waals surface area contributed by atoms with Crippen molar-refractivity contribution in [1.82, 2.24) is 10.1 Å². The lowest BCUT2D eigenvalue weighted by atomic mass is 10.2. The standard InChI is InChI=1S/C16H11ClN2O4/c17-11-3-1-2-10(6-11)16-18-15(19-23-16)8-20-12-4-5-13-14(7-12)22-9-21-13/h1-7H,8-9H2. The van der Waals surface area contributed by atoms with Crippen LogP contribution in [0.3, 0.4) is 0 Å². The van der Waals surface area contributed by atoms with Crippen LogP contribution in [0.25, 0.3) is 11.5 Å². The van der Waals surface area contributed by atoms with Gasteiger partial charge in [-0.15, -0.1) is 0 Å². The molecular formula is C16H11ClN2O4.